The quantitative estimate of drug-likeness (QED) is 0.839. The highest BCUT2D eigenvalue weighted by Crippen LogP contribution is 2.32. The third kappa shape index (κ3) is 2.61. The fraction of sp³-hybridized carbons (Fsp3) is 0.714. The molecule has 3 nitrogen and oxygen atoms in total. The number of nitrogens with zero attached hydrogens (tertiary/aromatic N) is 2. The number of aromatic nitrogens is 2. The molecule has 1 heterocycles. The molecule has 2 rings (SSSR count). The summed E-state index contributed by atoms with van der Waals surface area (Å²) in [5.41, 5.74) is 1.71. The van der Waals surface area contributed by atoms with Crippen LogP contribution in [0.15, 0.2) is 0 Å². The van der Waals surface area contributed by atoms with E-state index in [1.807, 2.05) is 18.5 Å². The van der Waals surface area contributed by atoms with Gasteiger partial charge in [0, 0.05) is 12.5 Å². The Hall–Kier alpha value is -0.830. The molecule has 0 radical (unpaired) electrons. The molecule has 0 bridgehead atoms. The van der Waals surface area contributed by atoms with Crippen LogP contribution in [0.2, 0.25) is 5.02 Å². The largest absolute Gasteiger partial charge is 0.299 e. The monoisotopic (exact) mass is 268 g/mol. The molecule has 0 amide bonds. The molecule has 1 aliphatic rings. The molecule has 100 valence electrons. The summed E-state index contributed by atoms with van der Waals surface area (Å²) in [6.45, 7) is 6.90. The Morgan fingerprint density at radius 1 is 1.50 bits per heavy atom. The van der Waals surface area contributed by atoms with Gasteiger partial charge in [-0.1, -0.05) is 18.5 Å². The first-order valence-electron chi connectivity index (χ1n) is 6.77. The molecule has 2 unspecified atom stereocenters. The molecule has 0 spiro atoms. The molecule has 2 atom stereocenters. The van der Waals surface area contributed by atoms with Crippen molar-refractivity contribution in [2.45, 2.75) is 53.0 Å². The van der Waals surface area contributed by atoms with Crippen LogP contribution in [0.1, 0.15) is 44.5 Å². The van der Waals surface area contributed by atoms with Crippen LogP contribution in [0.4, 0.5) is 0 Å². The molecule has 4 heteroatoms. The Bertz CT molecular complexity index is 453. The molecular weight excluding hydrogens is 248 g/mol. The molecule has 0 N–H and O–H groups in total. The third-order valence-electron chi connectivity index (χ3n) is 3.94. The van der Waals surface area contributed by atoms with Gasteiger partial charge in [0.05, 0.1) is 22.8 Å². The zero-order valence-electron chi connectivity index (χ0n) is 11.4. The van der Waals surface area contributed by atoms with Crippen LogP contribution in [0.5, 0.6) is 0 Å². The smallest absolute Gasteiger partial charge is 0.141 e. The van der Waals surface area contributed by atoms with E-state index in [-0.39, 0.29) is 5.92 Å². The topological polar surface area (TPSA) is 34.9 Å². The fourth-order valence-corrected chi connectivity index (χ4v) is 3.05. The van der Waals surface area contributed by atoms with Crippen molar-refractivity contribution in [2.75, 3.05) is 0 Å². The zero-order chi connectivity index (χ0) is 13.3. The minimum atomic E-state index is 0.233. The van der Waals surface area contributed by atoms with Gasteiger partial charge in [-0.2, -0.15) is 5.10 Å². The Morgan fingerprint density at radius 2 is 2.22 bits per heavy atom. The second kappa shape index (κ2) is 5.43. The second-order valence-corrected chi connectivity index (χ2v) is 5.80. The van der Waals surface area contributed by atoms with Crippen molar-refractivity contribution >= 4 is 17.4 Å². The van der Waals surface area contributed by atoms with E-state index in [0.29, 0.717) is 23.1 Å². The number of carbonyl (C=O) groups excluding carboxylic acids is 1. The maximum absolute atomic E-state index is 12.3. The molecule has 1 saturated carbocycles. The molecule has 1 aliphatic carbocycles. The number of aryl methyl sites for hydroxylation is 2. The molecule has 18 heavy (non-hydrogen) atoms. The summed E-state index contributed by atoms with van der Waals surface area (Å²) in [6, 6.07) is 0. The van der Waals surface area contributed by atoms with Crippen LogP contribution >= 0.6 is 11.6 Å². The maximum atomic E-state index is 12.3. The summed E-state index contributed by atoms with van der Waals surface area (Å²) in [6.07, 6.45) is 3.69. The summed E-state index contributed by atoms with van der Waals surface area (Å²) in [5.74, 6) is 1.25. The van der Waals surface area contributed by atoms with Crippen molar-refractivity contribution in [3.8, 4) is 0 Å². The lowest BCUT2D eigenvalue weighted by molar-refractivity contribution is -0.122. The molecule has 0 aliphatic heterocycles. The predicted molar refractivity (Wildman–Crippen MR) is 72.9 cm³/mol. The normalized spacial score (nSPS) is 23.6. The highest BCUT2D eigenvalue weighted by atomic mass is 35.5. The summed E-state index contributed by atoms with van der Waals surface area (Å²) >= 11 is 6.24. The Morgan fingerprint density at radius 3 is 2.78 bits per heavy atom. The van der Waals surface area contributed by atoms with Crippen molar-refractivity contribution in [1.82, 2.24) is 9.78 Å². The lowest BCUT2D eigenvalue weighted by Gasteiger charge is -2.10. The van der Waals surface area contributed by atoms with Gasteiger partial charge in [0.15, 0.2) is 0 Å². The van der Waals surface area contributed by atoms with Gasteiger partial charge >= 0.3 is 0 Å². The predicted octanol–water partition coefficient (Wildman–Crippen LogP) is 3.41. The number of halogens is 1. The average molecular weight is 269 g/mol. The zero-order valence-corrected chi connectivity index (χ0v) is 12.1. The second-order valence-electron chi connectivity index (χ2n) is 5.42. The highest BCUT2D eigenvalue weighted by molar-refractivity contribution is 6.32. The Balaban J connectivity index is 2.11. The fourth-order valence-electron chi connectivity index (χ4n) is 2.85. The highest BCUT2D eigenvalue weighted by Gasteiger charge is 2.28. The van der Waals surface area contributed by atoms with Crippen LogP contribution in [-0.4, -0.2) is 15.6 Å². The van der Waals surface area contributed by atoms with E-state index in [1.165, 1.54) is 6.42 Å². The molecule has 0 saturated heterocycles. The van der Waals surface area contributed by atoms with Gasteiger partial charge in [-0.3, -0.25) is 9.48 Å². The molecule has 1 aromatic heterocycles. The van der Waals surface area contributed by atoms with Crippen molar-refractivity contribution in [1.29, 1.82) is 0 Å². The SMILES string of the molecule is CCn1nc(C)c(Cl)c1CC(=O)C1CCC(C)C1. The van der Waals surface area contributed by atoms with Crippen molar-refractivity contribution in [3.05, 3.63) is 16.4 Å². The van der Waals surface area contributed by atoms with Gasteiger partial charge in [0.1, 0.15) is 5.78 Å². The first kappa shape index (κ1) is 13.6. The Labute approximate surface area is 114 Å². The first-order chi connectivity index (χ1) is 8.52. The average Bonchev–Trinajstić information content (AvgIpc) is 2.88. The summed E-state index contributed by atoms with van der Waals surface area (Å²) in [7, 11) is 0. The van der Waals surface area contributed by atoms with Gasteiger partial charge in [-0.25, -0.2) is 0 Å². The molecule has 0 aromatic carbocycles. The van der Waals surface area contributed by atoms with E-state index < -0.39 is 0 Å². The molecule has 1 fully saturated rings. The van der Waals surface area contributed by atoms with E-state index in [2.05, 4.69) is 12.0 Å². The van der Waals surface area contributed by atoms with E-state index in [9.17, 15) is 4.79 Å². The lowest BCUT2D eigenvalue weighted by Crippen LogP contribution is -2.17. The van der Waals surface area contributed by atoms with Crippen LogP contribution in [0, 0.1) is 18.8 Å². The van der Waals surface area contributed by atoms with Crippen LogP contribution in [-0.2, 0) is 17.8 Å². The summed E-state index contributed by atoms with van der Waals surface area (Å²) in [4.78, 5) is 12.3. The molecule has 1 aromatic rings. The minimum absolute atomic E-state index is 0.233. The lowest BCUT2D eigenvalue weighted by atomic mass is 9.97. The third-order valence-corrected chi connectivity index (χ3v) is 4.44. The number of ketones is 1. The standard InChI is InChI=1S/C14H21ClN2O/c1-4-17-12(14(15)10(3)16-17)8-13(18)11-6-5-9(2)7-11/h9,11H,4-8H2,1-3H3. The van der Waals surface area contributed by atoms with Gasteiger partial charge in [0.2, 0.25) is 0 Å². The number of carbonyl (C=O) groups is 1. The van der Waals surface area contributed by atoms with Gasteiger partial charge in [-0.15, -0.1) is 0 Å². The summed E-state index contributed by atoms with van der Waals surface area (Å²) in [5, 5.41) is 5.02. The number of hydrogen-bond donors (Lipinski definition) is 0. The van der Waals surface area contributed by atoms with Gasteiger partial charge < -0.3 is 0 Å². The number of rotatable bonds is 4. The van der Waals surface area contributed by atoms with Crippen molar-refractivity contribution < 1.29 is 4.79 Å². The number of hydrogen-bond acceptors (Lipinski definition) is 2. The van der Waals surface area contributed by atoms with Gasteiger partial charge in [0.25, 0.3) is 0 Å². The Kier molecular flexibility index (Phi) is 4.10. The van der Waals surface area contributed by atoms with E-state index >= 15 is 0 Å². The minimum Gasteiger partial charge on any atom is -0.299 e. The maximum Gasteiger partial charge on any atom is 0.141 e. The molecular formula is C14H21ClN2O. The van der Waals surface area contributed by atoms with Crippen LogP contribution in [0.3, 0.4) is 0 Å². The van der Waals surface area contributed by atoms with Crippen LogP contribution in [0.25, 0.3) is 0 Å². The number of Topliss-reactive ketones (excluding diaryl/α,β-unsaturated/α-hetero) is 1. The first-order valence-corrected chi connectivity index (χ1v) is 7.15. The van der Waals surface area contributed by atoms with Gasteiger partial charge in [-0.05, 0) is 39.0 Å². The summed E-state index contributed by atoms with van der Waals surface area (Å²) < 4.78 is 1.86. The van der Waals surface area contributed by atoms with Crippen molar-refractivity contribution in [3.63, 3.8) is 0 Å². The van der Waals surface area contributed by atoms with Crippen LogP contribution < -0.4 is 0 Å². The van der Waals surface area contributed by atoms with E-state index in [4.69, 9.17) is 11.6 Å². The van der Waals surface area contributed by atoms with Crippen molar-refractivity contribution in [2.24, 2.45) is 11.8 Å². The van der Waals surface area contributed by atoms with E-state index in [0.717, 1.165) is 30.8 Å². The van der Waals surface area contributed by atoms with E-state index in [1.54, 1.807) is 0 Å².